The summed E-state index contributed by atoms with van der Waals surface area (Å²) in [5.41, 5.74) is 5.17. The van der Waals surface area contributed by atoms with Crippen LogP contribution in [-0.4, -0.2) is 17.5 Å². The third-order valence-electron chi connectivity index (χ3n) is 4.61. The van der Waals surface area contributed by atoms with Crippen LogP contribution in [0.5, 0.6) is 5.75 Å². The van der Waals surface area contributed by atoms with Crippen LogP contribution in [0.15, 0.2) is 69.6 Å². The monoisotopic (exact) mass is 450 g/mol. The molecular formula is C23H19BrN2O3. The third kappa shape index (κ3) is 4.49. The van der Waals surface area contributed by atoms with Crippen LogP contribution in [0, 0.1) is 13.8 Å². The molecule has 0 atom stereocenters. The number of amides is 1. The molecule has 0 aliphatic carbocycles. The topological polar surface area (TPSA) is 64.4 Å². The molecule has 0 fully saturated rings. The Kier molecular flexibility index (Phi) is 5.36. The molecule has 0 radical (unpaired) electrons. The summed E-state index contributed by atoms with van der Waals surface area (Å²) in [6.45, 7) is 3.98. The van der Waals surface area contributed by atoms with Crippen molar-refractivity contribution in [3.05, 3.63) is 76.3 Å². The Morgan fingerprint density at radius 1 is 1.03 bits per heavy atom. The molecule has 146 valence electrons. The molecule has 4 rings (SSSR count). The van der Waals surface area contributed by atoms with Crippen molar-refractivity contribution in [2.75, 3.05) is 11.9 Å². The highest BCUT2D eigenvalue weighted by molar-refractivity contribution is 9.10. The van der Waals surface area contributed by atoms with Gasteiger partial charge in [0.15, 0.2) is 12.2 Å². The molecule has 3 aromatic carbocycles. The normalized spacial score (nSPS) is 10.9. The van der Waals surface area contributed by atoms with Gasteiger partial charge in [0, 0.05) is 15.7 Å². The second-order valence-corrected chi connectivity index (χ2v) is 7.71. The second-order valence-electron chi connectivity index (χ2n) is 6.79. The maximum absolute atomic E-state index is 12.2. The molecule has 5 nitrogen and oxygen atoms in total. The molecular weight excluding hydrogens is 432 g/mol. The number of ether oxygens (including phenoxy) is 1. The van der Waals surface area contributed by atoms with Gasteiger partial charge in [0.25, 0.3) is 5.91 Å². The minimum Gasteiger partial charge on any atom is -0.484 e. The maximum Gasteiger partial charge on any atom is 0.262 e. The van der Waals surface area contributed by atoms with Gasteiger partial charge in [0.05, 0.1) is 0 Å². The Morgan fingerprint density at radius 3 is 2.59 bits per heavy atom. The van der Waals surface area contributed by atoms with Crippen molar-refractivity contribution in [3.63, 3.8) is 0 Å². The van der Waals surface area contributed by atoms with E-state index in [0.29, 0.717) is 28.4 Å². The van der Waals surface area contributed by atoms with Gasteiger partial charge in [0.2, 0.25) is 5.89 Å². The van der Waals surface area contributed by atoms with E-state index in [0.717, 1.165) is 15.6 Å². The van der Waals surface area contributed by atoms with Crippen LogP contribution in [0.3, 0.4) is 0 Å². The van der Waals surface area contributed by atoms with Crippen molar-refractivity contribution in [1.82, 2.24) is 4.98 Å². The lowest BCUT2D eigenvalue weighted by Crippen LogP contribution is -2.20. The maximum atomic E-state index is 12.2. The van der Waals surface area contributed by atoms with E-state index >= 15 is 0 Å². The van der Waals surface area contributed by atoms with E-state index in [4.69, 9.17) is 9.15 Å². The van der Waals surface area contributed by atoms with Gasteiger partial charge in [-0.05, 0) is 79.6 Å². The minimum atomic E-state index is -0.237. The first-order chi connectivity index (χ1) is 14.0. The zero-order valence-corrected chi connectivity index (χ0v) is 17.6. The number of aromatic nitrogens is 1. The molecule has 4 aromatic rings. The number of carbonyl (C=O) groups excluding carboxylic acids is 1. The van der Waals surface area contributed by atoms with Crippen LogP contribution in [-0.2, 0) is 4.79 Å². The Bertz CT molecular complexity index is 1180. The SMILES string of the molecule is Cc1ccc(OCC(=O)Nc2ccc3oc(-c4ccc(Br)cc4)nc3c2)cc1C. The van der Waals surface area contributed by atoms with Gasteiger partial charge in [-0.25, -0.2) is 4.98 Å². The molecule has 0 unspecified atom stereocenters. The van der Waals surface area contributed by atoms with E-state index in [-0.39, 0.29) is 12.5 Å². The van der Waals surface area contributed by atoms with Gasteiger partial charge in [-0.3, -0.25) is 4.79 Å². The highest BCUT2D eigenvalue weighted by atomic mass is 79.9. The predicted molar refractivity (Wildman–Crippen MR) is 117 cm³/mol. The fourth-order valence-electron chi connectivity index (χ4n) is 2.87. The molecule has 0 spiro atoms. The highest BCUT2D eigenvalue weighted by Gasteiger charge is 2.10. The number of nitrogens with one attached hydrogen (secondary N) is 1. The number of nitrogens with zero attached hydrogens (tertiary/aromatic N) is 1. The number of oxazole rings is 1. The molecule has 0 aliphatic heterocycles. The Labute approximate surface area is 176 Å². The van der Waals surface area contributed by atoms with Gasteiger partial charge >= 0.3 is 0 Å². The average molecular weight is 451 g/mol. The number of fused-ring (bicyclic) bond motifs is 1. The number of rotatable bonds is 5. The van der Waals surface area contributed by atoms with Crippen LogP contribution in [0.25, 0.3) is 22.6 Å². The quantitative estimate of drug-likeness (QED) is 0.411. The lowest BCUT2D eigenvalue weighted by molar-refractivity contribution is -0.118. The molecule has 0 saturated heterocycles. The summed E-state index contributed by atoms with van der Waals surface area (Å²) in [6.07, 6.45) is 0. The van der Waals surface area contributed by atoms with Crippen molar-refractivity contribution in [2.24, 2.45) is 0 Å². The number of halogens is 1. The first-order valence-corrected chi connectivity index (χ1v) is 9.94. The molecule has 1 aromatic heterocycles. The molecule has 29 heavy (non-hydrogen) atoms. The molecule has 6 heteroatoms. The fourth-order valence-corrected chi connectivity index (χ4v) is 3.14. The van der Waals surface area contributed by atoms with Crippen molar-refractivity contribution in [2.45, 2.75) is 13.8 Å². The van der Waals surface area contributed by atoms with Gasteiger partial charge < -0.3 is 14.5 Å². The summed E-state index contributed by atoms with van der Waals surface area (Å²) < 4.78 is 12.4. The third-order valence-corrected chi connectivity index (χ3v) is 5.14. The number of hydrogen-bond donors (Lipinski definition) is 1. The van der Waals surface area contributed by atoms with E-state index in [9.17, 15) is 4.79 Å². The van der Waals surface area contributed by atoms with E-state index in [1.165, 1.54) is 5.56 Å². The van der Waals surface area contributed by atoms with Crippen LogP contribution in [0.1, 0.15) is 11.1 Å². The molecule has 1 N–H and O–H groups in total. The summed E-state index contributed by atoms with van der Waals surface area (Å²) in [6, 6.07) is 18.9. The summed E-state index contributed by atoms with van der Waals surface area (Å²) >= 11 is 3.42. The Hall–Kier alpha value is -3.12. The smallest absolute Gasteiger partial charge is 0.262 e. The zero-order chi connectivity index (χ0) is 20.4. The van der Waals surface area contributed by atoms with Gasteiger partial charge in [-0.2, -0.15) is 0 Å². The molecule has 0 bridgehead atoms. The van der Waals surface area contributed by atoms with Crippen LogP contribution < -0.4 is 10.1 Å². The average Bonchev–Trinajstić information content (AvgIpc) is 3.13. The second kappa shape index (κ2) is 8.09. The highest BCUT2D eigenvalue weighted by Crippen LogP contribution is 2.27. The first-order valence-electron chi connectivity index (χ1n) is 9.14. The van der Waals surface area contributed by atoms with Crippen molar-refractivity contribution in [3.8, 4) is 17.2 Å². The summed E-state index contributed by atoms with van der Waals surface area (Å²) in [4.78, 5) is 16.8. The number of hydrogen-bond acceptors (Lipinski definition) is 4. The summed E-state index contributed by atoms with van der Waals surface area (Å²) in [5, 5.41) is 2.83. The number of carbonyl (C=O) groups is 1. The van der Waals surface area contributed by atoms with Crippen LogP contribution in [0.2, 0.25) is 0 Å². The summed E-state index contributed by atoms with van der Waals surface area (Å²) in [5.74, 6) is 0.975. The van der Waals surface area contributed by atoms with Crippen molar-refractivity contribution in [1.29, 1.82) is 0 Å². The summed E-state index contributed by atoms with van der Waals surface area (Å²) in [7, 11) is 0. The van der Waals surface area contributed by atoms with E-state index in [1.807, 2.05) is 56.3 Å². The molecule has 0 saturated carbocycles. The van der Waals surface area contributed by atoms with Gasteiger partial charge in [-0.1, -0.05) is 22.0 Å². The van der Waals surface area contributed by atoms with Crippen molar-refractivity contribution >= 4 is 38.6 Å². The predicted octanol–water partition coefficient (Wildman–Crippen LogP) is 5.89. The van der Waals surface area contributed by atoms with E-state index in [1.54, 1.807) is 18.2 Å². The minimum absolute atomic E-state index is 0.0660. The van der Waals surface area contributed by atoms with E-state index in [2.05, 4.69) is 26.2 Å². The van der Waals surface area contributed by atoms with Gasteiger partial charge in [0.1, 0.15) is 11.3 Å². The number of anilines is 1. The first kappa shape index (κ1) is 19.2. The zero-order valence-electron chi connectivity index (χ0n) is 16.0. The Morgan fingerprint density at radius 2 is 1.83 bits per heavy atom. The van der Waals surface area contributed by atoms with E-state index < -0.39 is 0 Å². The molecule has 1 amide bonds. The lowest BCUT2D eigenvalue weighted by atomic mass is 10.1. The van der Waals surface area contributed by atoms with Crippen LogP contribution in [0.4, 0.5) is 5.69 Å². The number of aryl methyl sites for hydroxylation is 2. The largest absolute Gasteiger partial charge is 0.484 e. The van der Waals surface area contributed by atoms with Crippen LogP contribution >= 0.6 is 15.9 Å². The Balaban J connectivity index is 1.44. The standard InChI is InChI=1S/C23H19BrN2O3/c1-14-3-9-19(11-15(14)2)28-13-22(27)25-18-8-10-21-20(12-18)26-23(29-21)16-4-6-17(24)7-5-16/h3-12H,13H2,1-2H3,(H,25,27). The van der Waals surface area contributed by atoms with Gasteiger partial charge in [-0.15, -0.1) is 0 Å². The van der Waals surface area contributed by atoms with Crippen molar-refractivity contribution < 1.29 is 13.9 Å². The lowest BCUT2D eigenvalue weighted by Gasteiger charge is -2.09. The fraction of sp³-hybridized carbons (Fsp3) is 0.130. The molecule has 1 heterocycles. The molecule has 0 aliphatic rings. The number of benzene rings is 3.